The first-order valence-corrected chi connectivity index (χ1v) is 15.9. The Bertz CT molecular complexity index is 1310. The third-order valence-electron chi connectivity index (χ3n) is 7.63. The van der Waals surface area contributed by atoms with Crippen LogP contribution < -0.4 is 4.74 Å². The van der Waals surface area contributed by atoms with E-state index in [0.29, 0.717) is 38.3 Å². The first-order valence-electron chi connectivity index (χ1n) is 15.9. The number of aliphatic hydroxyl groups is 1. The van der Waals surface area contributed by atoms with Crippen molar-refractivity contribution in [3.05, 3.63) is 103 Å². The Morgan fingerprint density at radius 3 is 2.17 bits per heavy atom. The lowest BCUT2D eigenvalue weighted by atomic mass is 9.90. The Morgan fingerprint density at radius 2 is 1.69 bits per heavy atom. The normalized spacial score (nSPS) is 14.8. The van der Waals surface area contributed by atoms with Crippen molar-refractivity contribution in [3.8, 4) is 11.5 Å². The number of methoxy groups -OCH3 is 1. The van der Waals surface area contributed by atoms with Crippen LogP contribution in [0.5, 0.6) is 11.5 Å². The lowest BCUT2D eigenvalue weighted by molar-refractivity contribution is -0.137. The predicted molar refractivity (Wildman–Crippen MR) is 187 cm³/mol. The molecule has 8 nitrogen and oxygen atoms in total. The molecule has 266 valence electrons. The topological polar surface area (TPSA) is 85.7 Å². The SMILES string of the molecule is C/C=C\CO.C=C.C=C(c1ccc(C(F)(F)F)cc1OCC)N(C(=O)N1CCN(CCOC)CC1)C(/C=C/C)C(C)c1ccc(O)cc1. The zero-order chi connectivity index (χ0) is 36.3. The summed E-state index contributed by atoms with van der Waals surface area (Å²) in [5.41, 5.74) is 0.574. The Morgan fingerprint density at radius 1 is 1.06 bits per heavy atom. The van der Waals surface area contributed by atoms with E-state index in [4.69, 9.17) is 14.6 Å². The van der Waals surface area contributed by atoms with E-state index in [-0.39, 0.29) is 42.4 Å². The number of carbonyl (C=O) groups excluding carboxylic acids is 1. The summed E-state index contributed by atoms with van der Waals surface area (Å²) in [6, 6.07) is 9.18. The Kier molecular flexibility index (Phi) is 19.0. The third kappa shape index (κ3) is 12.5. The number of carbonyl (C=O) groups is 1. The molecular weight excluding hydrogens is 623 g/mol. The van der Waals surface area contributed by atoms with Gasteiger partial charge in [0.25, 0.3) is 0 Å². The number of nitrogens with zero attached hydrogens (tertiary/aromatic N) is 3. The van der Waals surface area contributed by atoms with Crippen LogP contribution >= 0.6 is 0 Å². The van der Waals surface area contributed by atoms with Crippen molar-refractivity contribution in [1.82, 2.24) is 14.7 Å². The van der Waals surface area contributed by atoms with Crippen molar-refractivity contribution >= 4 is 11.7 Å². The second-order valence-corrected chi connectivity index (χ2v) is 10.7. The Hall–Kier alpha value is -4.06. The van der Waals surface area contributed by atoms with Gasteiger partial charge in [0.05, 0.1) is 31.4 Å². The average molecular weight is 676 g/mol. The van der Waals surface area contributed by atoms with Gasteiger partial charge in [0, 0.05) is 57.0 Å². The number of aromatic hydroxyl groups is 1. The molecule has 0 aromatic heterocycles. The van der Waals surface area contributed by atoms with Gasteiger partial charge in [-0.2, -0.15) is 13.2 Å². The number of rotatable bonds is 12. The van der Waals surface area contributed by atoms with Crippen LogP contribution in [-0.4, -0.2) is 96.6 Å². The molecule has 1 aliphatic rings. The molecule has 1 saturated heterocycles. The molecular formula is C37H52F3N3O5. The number of phenols is 1. The maximum atomic E-state index is 14.3. The summed E-state index contributed by atoms with van der Waals surface area (Å²) in [6.07, 6.45) is 2.67. The minimum atomic E-state index is -4.55. The van der Waals surface area contributed by atoms with E-state index in [1.165, 1.54) is 6.07 Å². The lowest BCUT2D eigenvalue weighted by Crippen LogP contribution is -2.55. The van der Waals surface area contributed by atoms with Gasteiger partial charge in [0.15, 0.2) is 0 Å². The van der Waals surface area contributed by atoms with Gasteiger partial charge >= 0.3 is 12.2 Å². The van der Waals surface area contributed by atoms with Crippen molar-refractivity contribution in [2.45, 2.75) is 45.8 Å². The fourth-order valence-electron chi connectivity index (χ4n) is 5.05. The van der Waals surface area contributed by atoms with Gasteiger partial charge in [-0.25, -0.2) is 4.79 Å². The maximum Gasteiger partial charge on any atom is 0.416 e. The number of phenolic OH excluding ortho intramolecular Hbond substituents is 1. The molecule has 2 N–H and O–H groups in total. The van der Waals surface area contributed by atoms with E-state index >= 15 is 0 Å². The van der Waals surface area contributed by atoms with E-state index in [1.54, 1.807) is 60.3 Å². The van der Waals surface area contributed by atoms with Crippen LogP contribution in [0.3, 0.4) is 0 Å². The highest BCUT2D eigenvalue weighted by atomic mass is 19.4. The second kappa shape index (κ2) is 21.7. The highest BCUT2D eigenvalue weighted by Gasteiger charge is 2.36. The molecule has 2 atom stereocenters. The van der Waals surface area contributed by atoms with Gasteiger partial charge in [0.1, 0.15) is 11.5 Å². The summed E-state index contributed by atoms with van der Waals surface area (Å²) in [7, 11) is 1.65. The predicted octanol–water partition coefficient (Wildman–Crippen LogP) is 7.57. The molecule has 2 unspecified atom stereocenters. The number of aliphatic hydroxyl groups excluding tert-OH is 1. The highest BCUT2D eigenvalue weighted by molar-refractivity contribution is 5.87. The summed E-state index contributed by atoms with van der Waals surface area (Å²) >= 11 is 0. The number of hydrogen-bond donors (Lipinski definition) is 2. The first-order chi connectivity index (χ1) is 22.9. The summed E-state index contributed by atoms with van der Waals surface area (Å²) in [4.78, 5) is 19.8. The van der Waals surface area contributed by atoms with Gasteiger partial charge in [-0.05, 0) is 56.7 Å². The summed E-state index contributed by atoms with van der Waals surface area (Å²) in [6.45, 7) is 21.6. The number of hydrogen-bond acceptors (Lipinski definition) is 6. The number of benzene rings is 2. The van der Waals surface area contributed by atoms with Crippen LogP contribution in [0.4, 0.5) is 18.0 Å². The number of amides is 2. The van der Waals surface area contributed by atoms with Crippen molar-refractivity contribution in [3.63, 3.8) is 0 Å². The smallest absolute Gasteiger partial charge is 0.416 e. The monoisotopic (exact) mass is 675 g/mol. The molecule has 48 heavy (non-hydrogen) atoms. The molecule has 0 radical (unpaired) electrons. The molecule has 0 aliphatic carbocycles. The molecule has 1 aliphatic heterocycles. The van der Waals surface area contributed by atoms with Crippen molar-refractivity contribution in [2.75, 3.05) is 59.7 Å². The standard InChI is InChI=1S/C31H40F3N3O4.C4H8O.C2H4/c1-6-8-28(22(3)24-9-12-26(38)13-10-24)37(30(39)36-17-15-35(16-18-36)19-20-40-5)23(4)27-14-11-25(31(32,33)34)21-29(27)41-7-2;1-2-3-4-5;1-2/h6,8-14,21-22,28,38H,4,7,15-20H2,1-3,5H3;2-3,5H,4H2,1H3;1-2H2/b8-6+;3-2-;. The zero-order valence-electron chi connectivity index (χ0n) is 28.9. The molecule has 2 aromatic carbocycles. The first kappa shape index (κ1) is 42.0. The van der Waals surface area contributed by atoms with Gasteiger partial charge in [-0.3, -0.25) is 9.80 Å². The number of piperazine rings is 1. The van der Waals surface area contributed by atoms with Gasteiger partial charge < -0.3 is 24.6 Å². The van der Waals surface area contributed by atoms with E-state index in [0.717, 1.165) is 24.2 Å². The number of alkyl halides is 3. The quantitative estimate of drug-likeness (QED) is 0.226. The van der Waals surface area contributed by atoms with E-state index < -0.39 is 17.8 Å². The van der Waals surface area contributed by atoms with Crippen LogP contribution in [0, 0.1) is 0 Å². The minimum absolute atomic E-state index is 0.00558. The van der Waals surface area contributed by atoms with Gasteiger partial charge in [-0.1, -0.05) is 49.9 Å². The van der Waals surface area contributed by atoms with Crippen LogP contribution in [0.1, 0.15) is 50.3 Å². The lowest BCUT2D eigenvalue weighted by Gasteiger charge is -2.42. The summed E-state index contributed by atoms with van der Waals surface area (Å²) in [5, 5.41) is 17.8. The molecule has 2 amide bonds. The fraction of sp³-hybridized carbons (Fsp3) is 0.432. The van der Waals surface area contributed by atoms with E-state index in [2.05, 4.69) is 24.6 Å². The molecule has 1 heterocycles. The van der Waals surface area contributed by atoms with Gasteiger partial charge in [0.2, 0.25) is 0 Å². The zero-order valence-corrected chi connectivity index (χ0v) is 28.9. The van der Waals surface area contributed by atoms with Crippen molar-refractivity contribution < 1.29 is 37.7 Å². The van der Waals surface area contributed by atoms with Crippen molar-refractivity contribution in [2.24, 2.45) is 0 Å². The van der Waals surface area contributed by atoms with Crippen LogP contribution in [0.2, 0.25) is 0 Å². The number of allylic oxidation sites excluding steroid dienone is 2. The van der Waals surface area contributed by atoms with E-state index in [9.17, 15) is 23.1 Å². The molecule has 11 heteroatoms. The second-order valence-electron chi connectivity index (χ2n) is 10.7. The Labute approximate surface area is 284 Å². The minimum Gasteiger partial charge on any atom is -0.508 e. The third-order valence-corrected chi connectivity index (χ3v) is 7.63. The molecule has 3 rings (SSSR count). The highest BCUT2D eigenvalue weighted by Crippen LogP contribution is 2.38. The van der Waals surface area contributed by atoms with Crippen molar-refractivity contribution in [1.29, 1.82) is 0 Å². The van der Waals surface area contributed by atoms with Crippen LogP contribution in [-0.2, 0) is 10.9 Å². The van der Waals surface area contributed by atoms with E-state index in [1.807, 2.05) is 32.9 Å². The summed E-state index contributed by atoms with van der Waals surface area (Å²) in [5.74, 6) is -0.121. The molecule has 0 saturated carbocycles. The van der Waals surface area contributed by atoms with Crippen LogP contribution in [0.15, 0.2) is 86.5 Å². The molecule has 0 bridgehead atoms. The maximum absolute atomic E-state index is 14.3. The molecule has 0 spiro atoms. The number of halogens is 3. The van der Waals surface area contributed by atoms with Crippen LogP contribution in [0.25, 0.3) is 5.70 Å². The molecule has 1 fully saturated rings. The largest absolute Gasteiger partial charge is 0.508 e. The Balaban J connectivity index is 0.00000150. The van der Waals surface area contributed by atoms with Gasteiger partial charge in [-0.15, -0.1) is 13.2 Å². The summed E-state index contributed by atoms with van der Waals surface area (Å²) < 4.78 is 51.5. The molecule has 2 aromatic rings. The average Bonchev–Trinajstić information content (AvgIpc) is 3.08. The number of ether oxygens (including phenoxy) is 2. The fourth-order valence-corrected chi connectivity index (χ4v) is 5.05. The number of urea groups is 1.